The highest BCUT2D eigenvalue weighted by molar-refractivity contribution is 6.30. The first-order valence-corrected chi connectivity index (χ1v) is 7.30. The fraction of sp³-hybridized carbons (Fsp3) is 0.333. The summed E-state index contributed by atoms with van der Waals surface area (Å²) >= 11 is 6.03. The number of aromatic nitrogens is 2. The fourth-order valence-electron chi connectivity index (χ4n) is 2.69. The number of nitrogens with zero attached hydrogens (tertiary/aromatic N) is 4. The maximum atomic E-state index is 9.45. The van der Waals surface area contributed by atoms with Gasteiger partial charge in [-0.15, -0.1) is 0 Å². The highest BCUT2D eigenvalue weighted by Gasteiger charge is 2.27. The largest absolute Gasteiger partial charge is 0.369 e. The summed E-state index contributed by atoms with van der Waals surface area (Å²) in [7, 11) is 0. The van der Waals surface area contributed by atoms with Crippen LogP contribution in [0.2, 0.25) is 5.15 Å². The Morgan fingerprint density at radius 2 is 1.90 bits per heavy atom. The molecule has 0 radical (unpaired) electrons. The number of imidazole rings is 1. The number of nitriles is 1. The molecule has 6 heteroatoms. The zero-order chi connectivity index (χ0) is 14.7. The lowest BCUT2D eigenvalue weighted by Gasteiger charge is -2.37. The van der Waals surface area contributed by atoms with Crippen LogP contribution in [0.25, 0.3) is 0 Å². The summed E-state index contributed by atoms with van der Waals surface area (Å²) in [5, 5.41) is 9.83. The van der Waals surface area contributed by atoms with Gasteiger partial charge in [0.25, 0.3) is 0 Å². The first-order valence-electron chi connectivity index (χ1n) is 6.92. The van der Waals surface area contributed by atoms with E-state index >= 15 is 0 Å². The number of halogens is 1. The Hall–Kier alpha value is -2.03. The number of rotatable bonds is 3. The van der Waals surface area contributed by atoms with E-state index in [4.69, 9.17) is 11.6 Å². The molecule has 1 unspecified atom stereocenters. The van der Waals surface area contributed by atoms with Gasteiger partial charge in [0.05, 0.1) is 18.1 Å². The van der Waals surface area contributed by atoms with Gasteiger partial charge < -0.3 is 9.88 Å². The molecule has 1 atom stereocenters. The molecule has 1 N–H and O–H groups in total. The van der Waals surface area contributed by atoms with Gasteiger partial charge in [-0.3, -0.25) is 4.90 Å². The molecule has 1 saturated heterocycles. The van der Waals surface area contributed by atoms with Crippen molar-refractivity contribution in [3.8, 4) is 6.07 Å². The maximum Gasteiger partial charge on any atom is 0.152 e. The van der Waals surface area contributed by atoms with Gasteiger partial charge in [-0.1, -0.05) is 29.8 Å². The van der Waals surface area contributed by atoms with Gasteiger partial charge in [-0.25, -0.2) is 4.98 Å². The number of nitrogens with one attached hydrogen (secondary N) is 1. The zero-order valence-corrected chi connectivity index (χ0v) is 12.3. The topological polar surface area (TPSA) is 59.0 Å². The summed E-state index contributed by atoms with van der Waals surface area (Å²) in [6.07, 6.45) is 1.53. The quantitative estimate of drug-likeness (QED) is 0.946. The molecular weight excluding hydrogens is 286 g/mol. The van der Waals surface area contributed by atoms with Gasteiger partial charge in [0.15, 0.2) is 5.15 Å². The molecule has 1 aromatic carbocycles. The van der Waals surface area contributed by atoms with Crippen molar-refractivity contribution in [3.63, 3.8) is 0 Å². The van der Waals surface area contributed by atoms with Gasteiger partial charge in [0.2, 0.25) is 0 Å². The fourth-order valence-corrected chi connectivity index (χ4v) is 2.89. The van der Waals surface area contributed by atoms with Crippen LogP contribution in [0.15, 0.2) is 36.7 Å². The van der Waals surface area contributed by atoms with E-state index in [0.717, 1.165) is 26.2 Å². The molecular formula is C15H16ClN5. The zero-order valence-electron chi connectivity index (χ0n) is 11.5. The third-order valence-electron chi connectivity index (χ3n) is 3.82. The molecule has 0 amide bonds. The van der Waals surface area contributed by atoms with E-state index in [1.807, 2.05) is 18.2 Å². The molecule has 108 valence electrons. The van der Waals surface area contributed by atoms with E-state index in [1.165, 1.54) is 12.0 Å². The highest BCUT2D eigenvalue weighted by Crippen LogP contribution is 2.26. The van der Waals surface area contributed by atoms with Crippen molar-refractivity contribution in [3.05, 3.63) is 47.5 Å². The minimum absolute atomic E-state index is 0.363. The lowest BCUT2D eigenvalue weighted by Crippen LogP contribution is -2.47. The minimum Gasteiger partial charge on any atom is -0.369 e. The molecule has 0 aliphatic carbocycles. The van der Waals surface area contributed by atoms with E-state index in [2.05, 4.69) is 38.0 Å². The van der Waals surface area contributed by atoms with Crippen LogP contribution < -0.4 is 4.90 Å². The predicted octanol–water partition coefficient (Wildman–Crippen LogP) is 2.45. The van der Waals surface area contributed by atoms with Crippen molar-refractivity contribution in [2.45, 2.75) is 6.04 Å². The van der Waals surface area contributed by atoms with Crippen molar-refractivity contribution in [2.75, 3.05) is 31.1 Å². The molecule has 1 aliphatic heterocycles. The lowest BCUT2D eigenvalue weighted by molar-refractivity contribution is 0.219. The van der Waals surface area contributed by atoms with Crippen LogP contribution in [0, 0.1) is 11.3 Å². The normalized spacial score (nSPS) is 17.4. The van der Waals surface area contributed by atoms with Crippen LogP contribution in [0.4, 0.5) is 5.69 Å². The van der Waals surface area contributed by atoms with Gasteiger partial charge in [0, 0.05) is 31.9 Å². The summed E-state index contributed by atoms with van der Waals surface area (Å²) < 4.78 is 0. The van der Waals surface area contributed by atoms with Gasteiger partial charge >= 0.3 is 0 Å². The average molecular weight is 302 g/mol. The van der Waals surface area contributed by atoms with Crippen LogP contribution in [0.3, 0.4) is 0 Å². The highest BCUT2D eigenvalue weighted by atomic mass is 35.5. The van der Waals surface area contributed by atoms with Gasteiger partial charge in [0.1, 0.15) is 6.04 Å². The van der Waals surface area contributed by atoms with Crippen LogP contribution >= 0.6 is 11.6 Å². The van der Waals surface area contributed by atoms with Gasteiger partial charge in [-0.05, 0) is 12.1 Å². The maximum absolute atomic E-state index is 9.45. The van der Waals surface area contributed by atoms with E-state index in [1.54, 1.807) is 0 Å². The van der Waals surface area contributed by atoms with E-state index in [9.17, 15) is 5.26 Å². The summed E-state index contributed by atoms with van der Waals surface area (Å²) in [6.45, 7) is 3.44. The van der Waals surface area contributed by atoms with Crippen LogP contribution in [-0.2, 0) is 0 Å². The molecule has 3 rings (SSSR count). The second kappa shape index (κ2) is 6.17. The average Bonchev–Trinajstić information content (AvgIpc) is 2.96. The third-order valence-corrected chi connectivity index (χ3v) is 4.12. The van der Waals surface area contributed by atoms with Crippen LogP contribution in [0.1, 0.15) is 11.7 Å². The Kier molecular flexibility index (Phi) is 4.09. The number of hydrogen-bond donors (Lipinski definition) is 1. The standard InChI is InChI=1S/C15H16ClN5/c16-15-14(18-11-19-15)13(10-17)21-8-6-20(7-9-21)12-4-2-1-3-5-12/h1-5,11,13H,6-9H2,(H,18,19). The van der Waals surface area contributed by atoms with Gasteiger partial charge in [-0.2, -0.15) is 5.26 Å². The molecule has 5 nitrogen and oxygen atoms in total. The monoisotopic (exact) mass is 301 g/mol. The van der Waals surface area contributed by atoms with Crippen molar-refractivity contribution >= 4 is 17.3 Å². The number of hydrogen-bond acceptors (Lipinski definition) is 4. The molecule has 2 heterocycles. The second-order valence-corrected chi connectivity index (χ2v) is 5.36. The summed E-state index contributed by atoms with van der Waals surface area (Å²) in [5.74, 6) is 0. The summed E-state index contributed by atoms with van der Waals surface area (Å²) in [4.78, 5) is 11.4. The predicted molar refractivity (Wildman–Crippen MR) is 82.2 cm³/mol. The smallest absolute Gasteiger partial charge is 0.152 e. The number of piperazine rings is 1. The SMILES string of the molecule is N#CC(c1[nH]cnc1Cl)N1CCN(c2ccccc2)CC1. The molecule has 0 saturated carbocycles. The Morgan fingerprint density at radius 3 is 2.48 bits per heavy atom. The summed E-state index contributed by atoms with van der Waals surface area (Å²) in [5.41, 5.74) is 1.91. The Balaban J connectivity index is 1.68. The second-order valence-electron chi connectivity index (χ2n) is 5.00. The molecule has 1 fully saturated rings. The number of aromatic amines is 1. The van der Waals surface area contributed by atoms with Crippen molar-refractivity contribution < 1.29 is 0 Å². The molecule has 0 spiro atoms. The number of anilines is 1. The Labute approximate surface area is 128 Å². The first kappa shape index (κ1) is 13.9. The molecule has 2 aromatic rings. The van der Waals surface area contributed by atoms with Crippen LogP contribution in [-0.4, -0.2) is 41.0 Å². The number of para-hydroxylation sites is 1. The van der Waals surface area contributed by atoms with Crippen molar-refractivity contribution in [1.29, 1.82) is 5.26 Å². The third kappa shape index (κ3) is 2.87. The van der Waals surface area contributed by atoms with Crippen LogP contribution in [0.5, 0.6) is 0 Å². The molecule has 21 heavy (non-hydrogen) atoms. The van der Waals surface area contributed by atoms with Crippen molar-refractivity contribution in [1.82, 2.24) is 14.9 Å². The Morgan fingerprint density at radius 1 is 1.19 bits per heavy atom. The number of benzene rings is 1. The van der Waals surface area contributed by atoms with E-state index in [-0.39, 0.29) is 6.04 Å². The minimum atomic E-state index is -0.363. The van der Waals surface area contributed by atoms with E-state index in [0.29, 0.717) is 10.8 Å². The summed E-state index contributed by atoms with van der Waals surface area (Å²) in [6, 6.07) is 12.3. The van der Waals surface area contributed by atoms with E-state index < -0.39 is 0 Å². The molecule has 0 bridgehead atoms. The van der Waals surface area contributed by atoms with Crippen molar-refractivity contribution in [2.24, 2.45) is 0 Å². The lowest BCUT2D eigenvalue weighted by atomic mass is 10.1. The Bertz CT molecular complexity index is 625. The number of H-pyrrole nitrogens is 1. The molecule has 1 aliphatic rings. The molecule has 1 aromatic heterocycles. The first-order chi connectivity index (χ1) is 10.3.